The highest BCUT2D eigenvalue weighted by Gasteiger charge is 2.41. The molecule has 0 aromatic rings. The van der Waals surface area contributed by atoms with E-state index >= 15 is 0 Å². The number of carboxylic acids is 1. The molecule has 0 spiro atoms. The zero-order chi connectivity index (χ0) is 23.8. The van der Waals surface area contributed by atoms with Crippen LogP contribution in [0.5, 0.6) is 0 Å². The summed E-state index contributed by atoms with van der Waals surface area (Å²) in [5.74, 6) is -2.10. The van der Waals surface area contributed by atoms with Crippen molar-refractivity contribution in [1.29, 1.82) is 0 Å². The van der Waals surface area contributed by atoms with Gasteiger partial charge in [-0.3, -0.25) is 14.4 Å². The average Bonchev–Trinajstić information content (AvgIpc) is 3.06. The monoisotopic (exact) mass is 470 g/mol. The summed E-state index contributed by atoms with van der Waals surface area (Å²) in [6.45, 7) is 4.64. The molecule has 0 radical (unpaired) electrons. The molecule has 2 N–H and O–H groups in total. The smallest absolute Gasteiger partial charge is 0.310 e. The Balaban J connectivity index is 2.25. The largest absolute Gasteiger partial charge is 0.481 e. The number of fused-ring (bicyclic) bond motifs is 2. The Bertz CT molecular complexity index is 800. The Morgan fingerprint density at radius 1 is 1.34 bits per heavy atom. The van der Waals surface area contributed by atoms with E-state index in [2.05, 4.69) is 0 Å². The average molecular weight is 471 g/mol. The third kappa shape index (κ3) is 8.41. The Hall–Kier alpha value is -2.16. The van der Waals surface area contributed by atoms with Gasteiger partial charge in [0.25, 0.3) is 0 Å². The van der Waals surface area contributed by atoms with Crippen molar-refractivity contribution >= 4 is 29.5 Å². The minimum Gasteiger partial charge on any atom is -0.481 e. The first kappa shape index (κ1) is 26.1. The number of esters is 2. The van der Waals surface area contributed by atoms with Gasteiger partial charge in [-0.2, -0.15) is 0 Å². The summed E-state index contributed by atoms with van der Waals surface area (Å²) in [7, 11) is 0. The summed E-state index contributed by atoms with van der Waals surface area (Å²) in [6, 6.07) is 0. The Morgan fingerprint density at radius 3 is 2.72 bits per heavy atom. The van der Waals surface area contributed by atoms with E-state index in [0.717, 1.165) is 0 Å². The molecule has 0 aromatic carbocycles. The van der Waals surface area contributed by atoms with E-state index in [4.69, 9.17) is 30.9 Å². The highest BCUT2D eigenvalue weighted by molar-refractivity contribution is 6.29. The van der Waals surface area contributed by atoms with Crippen LogP contribution in [0.4, 0.5) is 0 Å². The highest BCUT2D eigenvalue weighted by atomic mass is 35.5. The van der Waals surface area contributed by atoms with Crippen LogP contribution in [0.2, 0.25) is 0 Å². The molecule has 1 saturated heterocycles. The molecule has 0 saturated carbocycles. The molecule has 2 heterocycles. The summed E-state index contributed by atoms with van der Waals surface area (Å²) < 4.78 is 16.9. The second-order valence-corrected chi connectivity index (χ2v) is 8.72. The summed E-state index contributed by atoms with van der Waals surface area (Å²) in [6.07, 6.45) is 3.01. The lowest BCUT2D eigenvalue weighted by molar-refractivity contribution is -0.159. The molecule has 32 heavy (non-hydrogen) atoms. The summed E-state index contributed by atoms with van der Waals surface area (Å²) >= 11 is 6.32. The topological polar surface area (TPSA) is 119 Å². The number of rotatable bonds is 5. The highest BCUT2D eigenvalue weighted by Crippen LogP contribution is 2.31. The fraction of sp³-hybridized carbons (Fsp3) is 0.609. The number of halogens is 1. The van der Waals surface area contributed by atoms with Gasteiger partial charge in [-0.15, -0.1) is 0 Å². The van der Waals surface area contributed by atoms with Crippen LogP contribution in [0.3, 0.4) is 0 Å². The number of aliphatic hydroxyl groups excluding tert-OH is 1. The number of ether oxygens (including phenoxy) is 3. The van der Waals surface area contributed by atoms with Crippen LogP contribution in [-0.2, 0) is 28.6 Å². The number of allylic oxidation sites excluding steroid dienone is 3. The van der Waals surface area contributed by atoms with Crippen molar-refractivity contribution in [3.8, 4) is 0 Å². The minimum atomic E-state index is -1.15. The van der Waals surface area contributed by atoms with Crippen molar-refractivity contribution in [2.45, 2.75) is 89.8 Å². The molecule has 2 aliphatic heterocycles. The molecular formula is C23H31ClO8. The molecule has 178 valence electrons. The van der Waals surface area contributed by atoms with Gasteiger partial charge in [0, 0.05) is 18.4 Å². The van der Waals surface area contributed by atoms with E-state index in [9.17, 15) is 19.5 Å². The molecule has 0 amide bonds. The fourth-order valence-electron chi connectivity index (χ4n) is 3.81. The molecule has 8 nitrogen and oxygen atoms in total. The standard InChI is InChI=1S/C23H31ClO8/c1-13(10-21(27)28)9-18(26)23-20-11-17(31-23)8-7-16(24)6-4-5-14(2)19(30-15(3)25)12-22(29)32-20/h5-6,9,17-20,23,26H,4,7-8,10-12H2,1-3H3,(H,27,28)/b13-9+,14-5?,16-6-/t17-,18-,19-,20-,23-/m1/s1. The summed E-state index contributed by atoms with van der Waals surface area (Å²) in [5, 5.41) is 20.3. The van der Waals surface area contributed by atoms with Crippen LogP contribution in [0.15, 0.2) is 34.4 Å². The van der Waals surface area contributed by atoms with Crippen LogP contribution in [0.1, 0.15) is 59.3 Å². The summed E-state index contributed by atoms with van der Waals surface area (Å²) in [5.41, 5.74) is 1.17. The van der Waals surface area contributed by atoms with Gasteiger partial charge in [0.15, 0.2) is 0 Å². The third-order valence-corrected chi connectivity index (χ3v) is 5.71. The Labute approximate surface area is 192 Å². The third-order valence-electron chi connectivity index (χ3n) is 5.37. The molecule has 0 unspecified atom stereocenters. The van der Waals surface area contributed by atoms with Crippen LogP contribution >= 0.6 is 11.6 Å². The number of hydrogen-bond acceptors (Lipinski definition) is 7. The Kier molecular flexibility index (Phi) is 9.93. The van der Waals surface area contributed by atoms with Gasteiger partial charge < -0.3 is 24.4 Å². The van der Waals surface area contributed by atoms with E-state index in [1.807, 2.05) is 12.2 Å². The van der Waals surface area contributed by atoms with E-state index in [1.165, 1.54) is 13.0 Å². The molecular weight excluding hydrogens is 440 g/mol. The van der Waals surface area contributed by atoms with Gasteiger partial charge in [0.1, 0.15) is 24.4 Å². The molecule has 1 fully saturated rings. The SMILES string of the molecule is CC(=O)O[C@@H]1CC(=O)O[C@@H]2C[C@@H](CC/C(Cl)=C/CC=C1C)O[C@@H]2[C@H](O)/C=C(\C)CC(=O)O. The molecule has 0 aliphatic carbocycles. The molecule has 9 heteroatoms. The first-order chi connectivity index (χ1) is 15.0. The van der Waals surface area contributed by atoms with E-state index in [1.54, 1.807) is 13.8 Å². The molecule has 2 rings (SSSR count). The molecule has 0 aromatic heterocycles. The van der Waals surface area contributed by atoms with Crippen molar-refractivity contribution in [2.75, 3.05) is 0 Å². The van der Waals surface area contributed by atoms with Gasteiger partial charge in [-0.25, -0.2) is 0 Å². The van der Waals surface area contributed by atoms with E-state index < -0.39 is 42.3 Å². The normalized spacial score (nSPS) is 30.3. The van der Waals surface area contributed by atoms with Crippen molar-refractivity contribution in [3.05, 3.63) is 34.4 Å². The zero-order valence-corrected chi connectivity index (χ0v) is 19.3. The van der Waals surface area contributed by atoms with Gasteiger partial charge in [-0.1, -0.05) is 35.4 Å². The lowest BCUT2D eigenvalue weighted by Crippen LogP contribution is -2.37. The predicted molar refractivity (Wildman–Crippen MR) is 117 cm³/mol. The van der Waals surface area contributed by atoms with Crippen LogP contribution in [0, 0.1) is 0 Å². The van der Waals surface area contributed by atoms with Crippen molar-refractivity contribution in [2.24, 2.45) is 0 Å². The van der Waals surface area contributed by atoms with Crippen LogP contribution in [-0.4, -0.2) is 58.6 Å². The van der Waals surface area contributed by atoms with E-state index in [0.29, 0.717) is 41.9 Å². The van der Waals surface area contributed by atoms with Gasteiger partial charge in [0.05, 0.1) is 18.9 Å². The Morgan fingerprint density at radius 2 is 2.06 bits per heavy atom. The minimum absolute atomic E-state index is 0.169. The van der Waals surface area contributed by atoms with Crippen LogP contribution in [0.25, 0.3) is 0 Å². The molecule has 2 bridgehead atoms. The number of aliphatic carboxylic acids is 1. The quantitative estimate of drug-likeness (QED) is 0.463. The number of hydrogen-bond donors (Lipinski definition) is 2. The number of carboxylic acid groups (broad SMARTS) is 1. The number of carbonyl (C=O) groups is 3. The number of aliphatic hydroxyl groups is 1. The first-order valence-corrected chi connectivity index (χ1v) is 11.0. The van der Waals surface area contributed by atoms with E-state index in [-0.39, 0.29) is 18.9 Å². The van der Waals surface area contributed by atoms with Crippen molar-refractivity contribution in [1.82, 2.24) is 0 Å². The first-order valence-electron chi connectivity index (χ1n) is 10.7. The lowest BCUT2D eigenvalue weighted by Gasteiger charge is -2.24. The second-order valence-electron chi connectivity index (χ2n) is 8.24. The van der Waals surface area contributed by atoms with Crippen molar-refractivity contribution in [3.63, 3.8) is 0 Å². The molecule has 5 atom stereocenters. The second kappa shape index (κ2) is 12.2. The van der Waals surface area contributed by atoms with Crippen molar-refractivity contribution < 1.29 is 38.8 Å². The maximum absolute atomic E-state index is 12.7. The van der Waals surface area contributed by atoms with Gasteiger partial charge in [-0.05, 0) is 38.7 Å². The maximum atomic E-state index is 12.7. The fourth-order valence-corrected chi connectivity index (χ4v) is 4.01. The maximum Gasteiger partial charge on any atom is 0.310 e. The van der Waals surface area contributed by atoms with Crippen LogP contribution < -0.4 is 0 Å². The molecule has 2 aliphatic rings. The predicted octanol–water partition coefficient (Wildman–Crippen LogP) is 3.41. The summed E-state index contributed by atoms with van der Waals surface area (Å²) in [4.78, 5) is 35.1. The van der Waals surface area contributed by atoms with Gasteiger partial charge >= 0.3 is 17.9 Å². The number of carbonyl (C=O) groups excluding carboxylic acids is 2. The van der Waals surface area contributed by atoms with Gasteiger partial charge in [0.2, 0.25) is 0 Å². The lowest BCUT2D eigenvalue weighted by atomic mass is 10.0. The zero-order valence-electron chi connectivity index (χ0n) is 18.6.